The predicted molar refractivity (Wildman–Crippen MR) is 137 cm³/mol. The number of rotatable bonds is 6. The molecule has 4 aliphatic rings. The van der Waals surface area contributed by atoms with Crippen molar-refractivity contribution >= 4 is 0 Å². The van der Waals surface area contributed by atoms with Crippen molar-refractivity contribution in [1.29, 1.82) is 0 Å². The Morgan fingerprint density at radius 2 is 0.978 bits per heavy atom. The second-order valence-corrected chi connectivity index (χ2v) is 11.6. The highest BCUT2D eigenvalue weighted by molar-refractivity contribution is 5.16. The molecule has 22 nitrogen and oxygen atoms in total. The third kappa shape index (κ3) is 6.92. The lowest BCUT2D eigenvalue weighted by Crippen LogP contribution is -2.81. The Bertz CT molecular complexity index is 958. The number of ether oxygens (including phenoxy) is 5. The van der Waals surface area contributed by atoms with Gasteiger partial charge in [0, 0.05) is 0 Å². The normalized spacial score (nSPS) is 54.9. The molecule has 0 spiro atoms. The van der Waals surface area contributed by atoms with Crippen molar-refractivity contribution in [3.63, 3.8) is 0 Å². The maximum atomic E-state index is 10.7. The van der Waals surface area contributed by atoms with E-state index in [0.717, 1.165) is 6.92 Å². The highest BCUT2D eigenvalue weighted by Crippen LogP contribution is 2.46. The van der Waals surface area contributed by atoms with Gasteiger partial charge in [0.1, 0.15) is 91.1 Å². The largest absolute Gasteiger partial charge is 0.394 e. The standard InChI is InChI=1S/C18H32O16.C6H12O6/c1-17(12(27)6(22)9(25)15(30)33-17)18(3-20)13(28)7(23)10(26)16(34-18)32-11-4(2-19)31-14(29)8(24)5(11)21;7-1-2-3(8)4(9)5(10)6(11)12-2/h4-16,19-30H,2-3H2,1H3;2-11H,1H2/t4-,5-,6+,7-,8?,9+,10-,11-,12+,13-,14?,15?,16-,17+,18-;2-,3-,4+,5-,6?/m11/s1. The van der Waals surface area contributed by atoms with Crippen molar-refractivity contribution in [3.05, 3.63) is 0 Å². The number of aliphatic hydroxyl groups is 17. The molecular weight excluding hydrogens is 640 g/mol. The van der Waals surface area contributed by atoms with E-state index in [2.05, 4.69) is 4.74 Å². The van der Waals surface area contributed by atoms with Crippen molar-refractivity contribution in [2.24, 2.45) is 0 Å². The lowest BCUT2D eigenvalue weighted by Gasteiger charge is -2.59. The molecule has 4 heterocycles. The molecule has 17 N–H and O–H groups in total. The van der Waals surface area contributed by atoms with E-state index in [9.17, 15) is 61.3 Å². The van der Waals surface area contributed by atoms with Crippen LogP contribution in [-0.4, -0.2) is 228 Å². The molecular formula is C24H44O22. The molecule has 0 radical (unpaired) electrons. The topological polar surface area (TPSA) is 390 Å². The van der Waals surface area contributed by atoms with Crippen LogP contribution in [0.3, 0.4) is 0 Å². The Morgan fingerprint density at radius 1 is 0.500 bits per heavy atom. The van der Waals surface area contributed by atoms with Gasteiger partial charge in [0.2, 0.25) is 0 Å². The average molecular weight is 685 g/mol. The maximum Gasteiger partial charge on any atom is 0.187 e. The molecule has 4 unspecified atom stereocenters. The van der Waals surface area contributed by atoms with Crippen LogP contribution in [0, 0.1) is 0 Å². The van der Waals surface area contributed by atoms with Crippen LogP contribution in [0.15, 0.2) is 0 Å². The van der Waals surface area contributed by atoms with Crippen molar-refractivity contribution in [2.75, 3.05) is 19.8 Å². The molecule has 0 bridgehead atoms. The fraction of sp³-hybridized carbons (Fsp3) is 1.00. The van der Waals surface area contributed by atoms with Gasteiger partial charge in [-0.2, -0.15) is 0 Å². The summed E-state index contributed by atoms with van der Waals surface area (Å²) in [5, 5.41) is 166. The molecule has 272 valence electrons. The SMILES string of the molecule is C[C@]1([C@]2(CO)O[C@@H](O[C@H]3[C@H](O)C(O)C(O)O[C@@H]3CO)[C@H](O)[C@@H](O)[C@H]2O)OC(O)[C@@H](O)[C@H](O)[C@@H]1O.OC[C@H]1OC(O)[C@H](O)[C@@H](O)[C@@H]1O. The van der Waals surface area contributed by atoms with Gasteiger partial charge < -0.3 is 110 Å². The van der Waals surface area contributed by atoms with Crippen molar-refractivity contribution < 1.29 is 110 Å². The molecule has 4 saturated heterocycles. The molecule has 0 aliphatic carbocycles. The Hall–Kier alpha value is -0.880. The molecule has 46 heavy (non-hydrogen) atoms. The minimum absolute atomic E-state index is 0.526. The molecule has 4 fully saturated rings. The van der Waals surface area contributed by atoms with E-state index in [1.807, 2.05) is 0 Å². The number of hydrogen-bond acceptors (Lipinski definition) is 22. The van der Waals surface area contributed by atoms with E-state index in [1.54, 1.807) is 0 Å². The monoisotopic (exact) mass is 684 g/mol. The molecule has 0 amide bonds. The summed E-state index contributed by atoms with van der Waals surface area (Å²) in [5.74, 6) is 0. The van der Waals surface area contributed by atoms with Crippen LogP contribution >= 0.6 is 0 Å². The molecule has 4 aliphatic heterocycles. The van der Waals surface area contributed by atoms with Crippen LogP contribution in [-0.2, 0) is 23.7 Å². The summed E-state index contributed by atoms with van der Waals surface area (Å²) < 4.78 is 25.7. The molecule has 22 heteroatoms. The quantitative estimate of drug-likeness (QED) is 0.123. The third-order valence-corrected chi connectivity index (χ3v) is 8.72. The van der Waals surface area contributed by atoms with E-state index < -0.39 is 142 Å². The van der Waals surface area contributed by atoms with Gasteiger partial charge in [-0.05, 0) is 6.92 Å². The summed E-state index contributed by atoms with van der Waals surface area (Å²) in [4.78, 5) is 0. The Labute approximate surface area is 259 Å². The first-order chi connectivity index (χ1) is 21.3. The van der Waals surface area contributed by atoms with E-state index >= 15 is 0 Å². The van der Waals surface area contributed by atoms with Crippen molar-refractivity contribution in [1.82, 2.24) is 0 Å². The van der Waals surface area contributed by atoms with Gasteiger partial charge in [0.25, 0.3) is 0 Å². The Kier molecular flexibility index (Phi) is 13.2. The molecule has 4 rings (SSSR count). The van der Waals surface area contributed by atoms with Gasteiger partial charge in [-0.25, -0.2) is 0 Å². The predicted octanol–water partition coefficient (Wildman–Crippen LogP) is -11.1. The second kappa shape index (κ2) is 15.3. The lowest BCUT2D eigenvalue weighted by molar-refractivity contribution is -0.430. The summed E-state index contributed by atoms with van der Waals surface area (Å²) in [7, 11) is 0. The van der Waals surface area contributed by atoms with Crippen molar-refractivity contribution in [3.8, 4) is 0 Å². The van der Waals surface area contributed by atoms with Crippen LogP contribution in [0.2, 0.25) is 0 Å². The van der Waals surface area contributed by atoms with Crippen LogP contribution in [0.25, 0.3) is 0 Å². The molecule has 0 aromatic rings. The van der Waals surface area contributed by atoms with Gasteiger partial charge >= 0.3 is 0 Å². The fourth-order valence-corrected chi connectivity index (χ4v) is 5.67. The second-order valence-electron chi connectivity index (χ2n) is 11.6. The average Bonchev–Trinajstić information content (AvgIpc) is 3.03. The third-order valence-electron chi connectivity index (χ3n) is 8.72. The maximum absolute atomic E-state index is 10.7. The first-order valence-electron chi connectivity index (χ1n) is 14.0. The molecule has 0 saturated carbocycles. The zero-order valence-electron chi connectivity index (χ0n) is 24.2. The van der Waals surface area contributed by atoms with Gasteiger partial charge in [-0.1, -0.05) is 0 Å². The summed E-state index contributed by atoms with van der Waals surface area (Å²) >= 11 is 0. The van der Waals surface area contributed by atoms with Gasteiger partial charge in [0.15, 0.2) is 30.8 Å². The van der Waals surface area contributed by atoms with Gasteiger partial charge in [0.05, 0.1) is 19.8 Å². The van der Waals surface area contributed by atoms with Crippen LogP contribution in [0.1, 0.15) is 6.92 Å². The van der Waals surface area contributed by atoms with Gasteiger partial charge in [-0.3, -0.25) is 0 Å². The summed E-state index contributed by atoms with van der Waals surface area (Å²) in [6.45, 7) is -1.66. The Morgan fingerprint density at radius 3 is 1.50 bits per heavy atom. The summed E-state index contributed by atoms with van der Waals surface area (Å²) in [6.07, 6.45) is -32.8. The van der Waals surface area contributed by atoms with Crippen LogP contribution in [0.4, 0.5) is 0 Å². The van der Waals surface area contributed by atoms with E-state index in [-0.39, 0.29) is 0 Å². The highest BCUT2D eigenvalue weighted by atomic mass is 16.7. The zero-order valence-corrected chi connectivity index (χ0v) is 24.2. The fourth-order valence-electron chi connectivity index (χ4n) is 5.67. The van der Waals surface area contributed by atoms with E-state index in [1.165, 1.54) is 0 Å². The number of aliphatic hydroxyl groups excluding tert-OH is 17. The first-order valence-corrected chi connectivity index (χ1v) is 14.0. The Balaban J connectivity index is 0.000000402. The van der Waals surface area contributed by atoms with E-state index in [4.69, 9.17) is 44.5 Å². The minimum atomic E-state index is -2.63. The highest BCUT2D eigenvalue weighted by Gasteiger charge is 2.69. The van der Waals surface area contributed by atoms with E-state index in [0.29, 0.717) is 0 Å². The lowest BCUT2D eigenvalue weighted by atomic mass is 9.69. The molecule has 0 aromatic carbocycles. The summed E-state index contributed by atoms with van der Waals surface area (Å²) in [5.41, 5.74) is -5.08. The molecule has 0 aromatic heterocycles. The van der Waals surface area contributed by atoms with Crippen molar-refractivity contribution in [2.45, 2.75) is 129 Å². The zero-order chi connectivity index (χ0) is 35.0. The van der Waals surface area contributed by atoms with Gasteiger partial charge in [-0.15, -0.1) is 0 Å². The van der Waals surface area contributed by atoms with Crippen LogP contribution in [0.5, 0.6) is 0 Å². The summed E-state index contributed by atoms with van der Waals surface area (Å²) in [6, 6.07) is 0. The number of hydrogen-bond donors (Lipinski definition) is 17. The minimum Gasteiger partial charge on any atom is -0.394 e. The smallest absolute Gasteiger partial charge is 0.187 e. The first kappa shape index (κ1) is 39.6. The van der Waals surface area contributed by atoms with Crippen LogP contribution < -0.4 is 0 Å². The molecule has 20 atom stereocenters.